The molecule has 2 N–H and O–H groups in total. The molecule has 0 saturated carbocycles. The van der Waals surface area contributed by atoms with Gasteiger partial charge in [-0.1, -0.05) is 6.07 Å². The van der Waals surface area contributed by atoms with Crippen molar-refractivity contribution in [3.05, 3.63) is 86.1 Å². The number of fused-ring (bicyclic) bond motifs is 1. The lowest BCUT2D eigenvalue weighted by Gasteiger charge is -2.46. The van der Waals surface area contributed by atoms with E-state index in [1.54, 1.807) is 22.6 Å². The fourth-order valence-corrected chi connectivity index (χ4v) is 5.70. The molecule has 2 aliphatic rings. The number of aromatic nitrogens is 2. The molecule has 0 aliphatic carbocycles. The van der Waals surface area contributed by atoms with E-state index in [1.165, 1.54) is 24.1 Å². The van der Waals surface area contributed by atoms with Crippen molar-refractivity contribution in [2.75, 3.05) is 11.9 Å². The van der Waals surface area contributed by atoms with Gasteiger partial charge in [-0.25, -0.2) is 23.8 Å². The average Bonchev–Trinajstić information content (AvgIpc) is 3.37. The number of halogens is 9. The molecule has 3 aromatic rings. The van der Waals surface area contributed by atoms with Crippen LogP contribution in [0.2, 0.25) is 0 Å². The van der Waals surface area contributed by atoms with Crippen LogP contribution in [-0.2, 0) is 28.5 Å². The lowest BCUT2D eigenvalue weighted by atomic mass is 9.90. The minimum Gasteiger partial charge on any atom is -0.509 e. The van der Waals surface area contributed by atoms with E-state index in [1.807, 2.05) is 0 Å². The first-order valence-electron chi connectivity index (χ1n) is 13.0. The Morgan fingerprint density at radius 3 is 2.42 bits per heavy atom. The Hall–Kier alpha value is -3.87. The first-order valence-corrected chi connectivity index (χ1v) is 14.1. The number of hydrogen-bond acceptors (Lipinski definition) is 6. The highest BCUT2D eigenvalue weighted by Crippen LogP contribution is 2.43. The van der Waals surface area contributed by atoms with Gasteiger partial charge in [0.1, 0.15) is 23.4 Å². The third kappa shape index (κ3) is 5.94. The van der Waals surface area contributed by atoms with Crippen LogP contribution < -0.4 is 5.32 Å². The van der Waals surface area contributed by atoms with Gasteiger partial charge in [0.2, 0.25) is 0 Å². The van der Waals surface area contributed by atoms with Gasteiger partial charge in [-0.2, -0.15) is 26.3 Å². The smallest absolute Gasteiger partial charge is 0.433 e. The van der Waals surface area contributed by atoms with Gasteiger partial charge in [-0.3, -0.25) is 14.6 Å². The van der Waals surface area contributed by atoms with E-state index in [4.69, 9.17) is 0 Å². The molecule has 1 aromatic heterocycles. The van der Waals surface area contributed by atoms with E-state index in [2.05, 4.69) is 15.3 Å². The summed E-state index contributed by atoms with van der Waals surface area (Å²) in [7, 11) is 0. The molecule has 0 bridgehead atoms. The molecule has 3 heterocycles. The molecule has 0 radical (unpaired) electrons. The molecule has 45 heavy (non-hydrogen) atoms. The van der Waals surface area contributed by atoms with Gasteiger partial charge in [-0.15, -0.1) is 0 Å². The van der Waals surface area contributed by atoms with Crippen molar-refractivity contribution in [2.45, 2.75) is 44.2 Å². The summed E-state index contributed by atoms with van der Waals surface area (Å²) in [6.45, 7) is 1.18. The number of aliphatic hydroxyl groups is 1. The molecule has 8 nitrogen and oxygen atoms in total. The lowest BCUT2D eigenvalue weighted by molar-refractivity contribution is -0.160. The first-order chi connectivity index (χ1) is 20.9. The number of amides is 2. The van der Waals surface area contributed by atoms with Crippen LogP contribution in [0.1, 0.15) is 36.6 Å². The number of rotatable bonds is 5. The topological polar surface area (TPSA) is 98.7 Å². The number of alkyl halides is 6. The van der Waals surface area contributed by atoms with Gasteiger partial charge < -0.3 is 10.4 Å². The van der Waals surface area contributed by atoms with E-state index in [0.717, 1.165) is 11.1 Å². The third-order valence-electron chi connectivity index (χ3n) is 7.58. The van der Waals surface area contributed by atoms with E-state index < -0.39 is 87.4 Å². The summed E-state index contributed by atoms with van der Waals surface area (Å²) in [5.41, 5.74) is -6.84. The number of anilines is 1. The molecular weight excluding hydrogens is 733 g/mol. The number of benzene rings is 2. The summed E-state index contributed by atoms with van der Waals surface area (Å²) in [6, 6.07) is 4.72. The SMILES string of the molecule is CC12CCCN1N(Cc1ccc(I)c(F)c1F)C(=O)C(C(=O)Nc1ccc(C(F)(F)F)cc1-c1cc(C(F)(F)F)ncn1)=C2O. The van der Waals surface area contributed by atoms with Gasteiger partial charge in [0, 0.05) is 17.7 Å². The van der Waals surface area contributed by atoms with Crippen LogP contribution in [-0.4, -0.2) is 49.0 Å². The largest absolute Gasteiger partial charge is 0.509 e. The predicted molar refractivity (Wildman–Crippen MR) is 150 cm³/mol. The Morgan fingerprint density at radius 2 is 1.76 bits per heavy atom. The molecule has 1 unspecified atom stereocenters. The zero-order valence-corrected chi connectivity index (χ0v) is 25.0. The number of nitrogens with zero attached hydrogens (tertiary/aromatic N) is 4. The summed E-state index contributed by atoms with van der Waals surface area (Å²) in [4.78, 5) is 34.1. The highest BCUT2D eigenvalue weighted by atomic mass is 127. The summed E-state index contributed by atoms with van der Waals surface area (Å²) in [5.74, 6) is -5.49. The maximum atomic E-state index is 14.8. The number of carbonyl (C=O) groups is 2. The van der Waals surface area contributed by atoms with Crippen molar-refractivity contribution < 1.29 is 49.8 Å². The lowest BCUT2D eigenvalue weighted by Crippen LogP contribution is -2.60. The van der Waals surface area contributed by atoms with Crippen molar-refractivity contribution in [1.82, 2.24) is 20.0 Å². The normalized spacial score (nSPS) is 19.2. The summed E-state index contributed by atoms with van der Waals surface area (Å²) >= 11 is 1.59. The Balaban J connectivity index is 1.56. The first kappa shape index (κ1) is 32.5. The summed E-state index contributed by atoms with van der Waals surface area (Å²) in [6.07, 6.45) is -8.75. The van der Waals surface area contributed by atoms with Crippen molar-refractivity contribution in [3.63, 3.8) is 0 Å². The van der Waals surface area contributed by atoms with Crippen LogP contribution in [0, 0.1) is 15.2 Å². The van der Waals surface area contributed by atoms with Gasteiger partial charge >= 0.3 is 12.4 Å². The Bertz CT molecular complexity index is 1750. The van der Waals surface area contributed by atoms with Crippen LogP contribution in [0.5, 0.6) is 0 Å². The van der Waals surface area contributed by atoms with E-state index in [-0.39, 0.29) is 22.1 Å². The summed E-state index contributed by atoms with van der Waals surface area (Å²) < 4.78 is 110. The molecule has 5 rings (SSSR count). The van der Waals surface area contributed by atoms with Gasteiger partial charge in [-0.05, 0) is 72.7 Å². The number of hydrogen-bond donors (Lipinski definition) is 2. The maximum Gasteiger partial charge on any atom is 0.433 e. The minimum atomic E-state index is -4.97. The highest BCUT2D eigenvalue weighted by Gasteiger charge is 2.53. The molecule has 1 saturated heterocycles. The zero-order chi connectivity index (χ0) is 33.1. The van der Waals surface area contributed by atoms with Gasteiger partial charge in [0.05, 0.1) is 32.6 Å². The van der Waals surface area contributed by atoms with Crippen LogP contribution in [0.15, 0.2) is 54.1 Å². The molecule has 2 aliphatic heterocycles. The molecule has 0 spiro atoms. The highest BCUT2D eigenvalue weighted by molar-refractivity contribution is 14.1. The molecule has 17 heteroatoms. The Morgan fingerprint density at radius 1 is 1.04 bits per heavy atom. The summed E-state index contributed by atoms with van der Waals surface area (Å²) in [5, 5.41) is 15.8. The minimum absolute atomic E-state index is 0.0131. The number of hydrazine groups is 1. The predicted octanol–water partition coefficient (Wildman–Crippen LogP) is 6.63. The van der Waals surface area contributed by atoms with Gasteiger partial charge in [0.25, 0.3) is 11.8 Å². The maximum absolute atomic E-state index is 14.8. The van der Waals surface area contributed by atoms with Crippen molar-refractivity contribution in [1.29, 1.82) is 0 Å². The number of nitrogens with one attached hydrogen (secondary N) is 1. The molecule has 2 amide bonds. The second-order valence-electron chi connectivity index (χ2n) is 10.4. The monoisotopic (exact) mass is 753 g/mol. The fourth-order valence-electron chi connectivity index (χ4n) is 5.28. The Kier molecular flexibility index (Phi) is 8.30. The van der Waals surface area contributed by atoms with Crippen LogP contribution >= 0.6 is 22.6 Å². The van der Waals surface area contributed by atoms with Crippen molar-refractivity contribution in [3.8, 4) is 11.3 Å². The standard InChI is InChI=1S/C28H20F8IN5O3/c1-26-7-2-8-42(26)41(11-13-3-5-16(37)22(30)21(13)29)25(45)20(23(26)43)24(44)40-17-6-4-14(27(31,32)33)9-15(17)18-10-19(28(34,35)36)39-12-38-18/h3-6,9-10,12,43H,2,7-8,11H2,1H3,(H,40,44). The van der Waals surface area contributed by atoms with Crippen LogP contribution in [0.3, 0.4) is 0 Å². The van der Waals surface area contributed by atoms with E-state index >= 15 is 0 Å². The molecule has 1 fully saturated rings. The second kappa shape index (κ2) is 11.5. The molecule has 2 aromatic carbocycles. The second-order valence-corrected chi connectivity index (χ2v) is 11.6. The van der Waals surface area contributed by atoms with E-state index in [9.17, 15) is 49.8 Å². The molecule has 238 valence electrons. The Labute approximate surface area is 262 Å². The average molecular weight is 753 g/mol. The van der Waals surface area contributed by atoms with Crippen LogP contribution in [0.25, 0.3) is 11.3 Å². The zero-order valence-electron chi connectivity index (χ0n) is 22.8. The molecule has 1 atom stereocenters. The number of carbonyl (C=O) groups excluding carboxylic acids is 2. The fraction of sp³-hybridized carbons (Fsp3) is 0.286. The van der Waals surface area contributed by atoms with Crippen LogP contribution in [0.4, 0.5) is 40.8 Å². The van der Waals surface area contributed by atoms with E-state index in [0.29, 0.717) is 30.9 Å². The molecular formula is C28H20F8IN5O3. The number of aliphatic hydroxyl groups excluding tert-OH is 1. The van der Waals surface area contributed by atoms with Crippen molar-refractivity contribution in [2.24, 2.45) is 0 Å². The third-order valence-corrected chi connectivity index (χ3v) is 8.41. The van der Waals surface area contributed by atoms with Gasteiger partial charge in [0.15, 0.2) is 11.6 Å². The van der Waals surface area contributed by atoms with Crippen molar-refractivity contribution >= 4 is 40.1 Å². The quantitative estimate of drug-likeness (QED) is 0.132.